The highest BCUT2D eigenvalue weighted by Gasteiger charge is 2.30. The molecule has 2 aliphatic heterocycles. The number of hydrogen-bond donors (Lipinski definition) is 1. The predicted octanol–water partition coefficient (Wildman–Crippen LogP) is 3.29. The van der Waals surface area contributed by atoms with Gasteiger partial charge in [0.15, 0.2) is 0 Å². The van der Waals surface area contributed by atoms with Gasteiger partial charge in [0.05, 0.1) is 6.04 Å². The molecule has 1 aromatic carbocycles. The zero-order valence-corrected chi connectivity index (χ0v) is 15.5. The Morgan fingerprint density at radius 2 is 2.11 bits per heavy atom. The summed E-state index contributed by atoms with van der Waals surface area (Å²) in [6.07, 6.45) is 6.67. The van der Waals surface area contributed by atoms with E-state index in [-0.39, 0.29) is 18.0 Å². The Kier molecular flexibility index (Phi) is 4.79. The molecule has 2 aliphatic rings. The molecule has 27 heavy (non-hydrogen) atoms. The molecule has 1 aromatic heterocycles. The van der Waals surface area contributed by atoms with Crippen LogP contribution in [0.2, 0.25) is 0 Å². The van der Waals surface area contributed by atoms with Gasteiger partial charge in [-0.15, -0.1) is 0 Å². The number of aryl methyl sites for hydroxylation is 1. The van der Waals surface area contributed by atoms with Crippen LogP contribution in [0, 0.1) is 6.92 Å². The number of urea groups is 1. The lowest BCUT2D eigenvalue weighted by atomic mass is 9.95. The molecule has 2 aromatic rings. The van der Waals surface area contributed by atoms with Crippen LogP contribution >= 0.6 is 0 Å². The number of piperidine rings is 1. The maximum atomic E-state index is 13.3. The van der Waals surface area contributed by atoms with Crippen LogP contribution in [0.1, 0.15) is 46.8 Å². The molecule has 3 amide bonds. The molecule has 2 saturated heterocycles. The first kappa shape index (κ1) is 17.5. The summed E-state index contributed by atoms with van der Waals surface area (Å²) in [7, 11) is 0. The molecule has 1 unspecified atom stereocenters. The van der Waals surface area contributed by atoms with Crippen LogP contribution in [0.15, 0.2) is 42.7 Å². The molecule has 6 heteroatoms. The number of amides is 3. The van der Waals surface area contributed by atoms with Gasteiger partial charge in [-0.2, -0.15) is 0 Å². The minimum absolute atomic E-state index is 0.0180. The molecule has 0 bridgehead atoms. The molecule has 3 heterocycles. The molecular weight excluding hydrogens is 340 g/mol. The van der Waals surface area contributed by atoms with Crippen molar-refractivity contribution in [3.8, 4) is 0 Å². The standard InChI is InChI=1S/C21H24N4O2/c1-15-7-8-16(13-19(15)25-12-10-23-21(25)27)20(26)24-11-3-2-6-18(24)17-5-4-9-22-14-17/h4-5,7-9,13-14,18H,2-3,6,10-12H2,1H3,(H,23,27). The summed E-state index contributed by atoms with van der Waals surface area (Å²) in [4.78, 5) is 33.3. The third-order valence-corrected chi connectivity index (χ3v) is 5.44. The van der Waals surface area contributed by atoms with E-state index in [1.807, 2.05) is 48.4 Å². The summed E-state index contributed by atoms with van der Waals surface area (Å²) in [5.74, 6) is 0.0180. The van der Waals surface area contributed by atoms with Gasteiger partial charge in [-0.05, 0) is 55.5 Å². The van der Waals surface area contributed by atoms with Gasteiger partial charge in [-0.3, -0.25) is 14.7 Å². The van der Waals surface area contributed by atoms with Crippen molar-refractivity contribution in [1.82, 2.24) is 15.2 Å². The van der Waals surface area contributed by atoms with E-state index in [9.17, 15) is 9.59 Å². The Labute approximate surface area is 159 Å². The number of likely N-dealkylation sites (tertiary alicyclic amines) is 1. The predicted molar refractivity (Wildman–Crippen MR) is 104 cm³/mol. The van der Waals surface area contributed by atoms with Gasteiger partial charge in [0.1, 0.15) is 0 Å². The zero-order valence-electron chi connectivity index (χ0n) is 15.5. The van der Waals surface area contributed by atoms with E-state index < -0.39 is 0 Å². The minimum Gasteiger partial charge on any atom is -0.336 e. The molecular formula is C21H24N4O2. The number of carbonyl (C=O) groups is 2. The number of benzene rings is 1. The number of anilines is 1. The third kappa shape index (κ3) is 3.39. The lowest BCUT2D eigenvalue weighted by Gasteiger charge is -2.36. The zero-order chi connectivity index (χ0) is 18.8. The first-order chi connectivity index (χ1) is 13.1. The number of hydrogen-bond acceptors (Lipinski definition) is 3. The Bertz CT molecular complexity index is 853. The van der Waals surface area contributed by atoms with Crippen LogP contribution < -0.4 is 10.2 Å². The van der Waals surface area contributed by atoms with Gasteiger partial charge in [0, 0.05) is 43.3 Å². The Morgan fingerprint density at radius 3 is 2.85 bits per heavy atom. The van der Waals surface area contributed by atoms with Crippen molar-refractivity contribution < 1.29 is 9.59 Å². The molecule has 0 saturated carbocycles. The molecule has 4 rings (SSSR count). The highest BCUT2D eigenvalue weighted by Crippen LogP contribution is 2.32. The largest absolute Gasteiger partial charge is 0.336 e. The lowest BCUT2D eigenvalue weighted by Crippen LogP contribution is -2.38. The van der Waals surface area contributed by atoms with Gasteiger partial charge in [0.25, 0.3) is 5.91 Å². The maximum Gasteiger partial charge on any atom is 0.322 e. The quantitative estimate of drug-likeness (QED) is 0.909. The van der Waals surface area contributed by atoms with E-state index in [1.54, 1.807) is 11.1 Å². The smallest absolute Gasteiger partial charge is 0.322 e. The van der Waals surface area contributed by atoms with Gasteiger partial charge in [0.2, 0.25) is 0 Å². The summed E-state index contributed by atoms with van der Waals surface area (Å²) in [6, 6.07) is 9.56. The minimum atomic E-state index is -0.103. The Hall–Kier alpha value is -2.89. The molecule has 2 fully saturated rings. The lowest BCUT2D eigenvalue weighted by molar-refractivity contribution is 0.0611. The van der Waals surface area contributed by atoms with E-state index >= 15 is 0 Å². The van der Waals surface area contributed by atoms with Gasteiger partial charge >= 0.3 is 6.03 Å². The molecule has 6 nitrogen and oxygen atoms in total. The Morgan fingerprint density at radius 1 is 1.22 bits per heavy atom. The molecule has 0 aliphatic carbocycles. The van der Waals surface area contributed by atoms with E-state index in [0.29, 0.717) is 18.7 Å². The van der Waals surface area contributed by atoms with Gasteiger partial charge in [-0.25, -0.2) is 4.79 Å². The summed E-state index contributed by atoms with van der Waals surface area (Å²) in [6.45, 7) is 3.96. The highest BCUT2D eigenvalue weighted by atomic mass is 16.2. The molecule has 0 radical (unpaired) electrons. The number of nitrogens with one attached hydrogen (secondary N) is 1. The summed E-state index contributed by atoms with van der Waals surface area (Å²) >= 11 is 0. The average Bonchev–Trinajstić information content (AvgIpc) is 3.14. The monoisotopic (exact) mass is 364 g/mol. The van der Waals surface area contributed by atoms with Crippen LogP contribution in [-0.4, -0.2) is 41.5 Å². The molecule has 140 valence electrons. The van der Waals surface area contributed by atoms with Gasteiger partial charge < -0.3 is 10.2 Å². The second-order valence-electron chi connectivity index (χ2n) is 7.18. The molecule has 1 atom stereocenters. The van der Waals surface area contributed by atoms with Crippen molar-refractivity contribution >= 4 is 17.6 Å². The SMILES string of the molecule is Cc1ccc(C(=O)N2CCCCC2c2cccnc2)cc1N1CCNC1=O. The Balaban J connectivity index is 1.64. The molecule has 1 N–H and O–H groups in total. The summed E-state index contributed by atoms with van der Waals surface area (Å²) in [5, 5.41) is 2.82. The van der Waals surface area contributed by atoms with Crippen LogP contribution in [0.5, 0.6) is 0 Å². The van der Waals surface area contributed by atoms with Crippen LogP contribution in [0.3, 0.4) is 0 Å². The second-order valence-corrected chi connectivity index (χ2v) is 7.18. The summed E-state index contributed by atoms with van der Waals surface area (Å²) in [5.41, 5.74) is 3.51. The first-order valence-electron chi connectivity index (χ1n) is 9.52. The van der Waals surface area contributed by atoms with E-state index in [1.165, 1.54) is 0 Å². The van der Waals surface area contributed by atoms with Crippen molar-refractivity contribution in [3.63, 3.8) is 0 Å². The van der Waals surface area contributed by atoms with Crippen molar-refractivity contribution in [2.24, 2.45) is 0 Å². The fourth-order valence-electron chi connectivity index (χ4n) is 3.99. The molecule has 0 spiro atoms. The van der Waals surface area contributed by atoms with Gasteiger partial charge in [-0.1, -0.05) is 12.1 Å². The number of rotatable bonds is 3. The van der Waals surface area contributed by atoms with E-state index in [0.717, 1.165) is 42.6 Å². The number of aromatic nitrogens is 1. The normalized spacial score (nSPS) is 19.9. The van der Waals surface area contributed by atoms with Crippen LogP contribution in [-0.2, 0) is 0 Å². The fourth-order valence-corrected chi connectivity index (χ4v) is 3.99. The van der Waals surface area contributed by atoms with Crippen LogP contribution in [0.25, 0.3) is 0 Å². The average molecular weight is 364 g/mol. The van der Waals surface area contributed by atoms with Crippen molar-refractivity contribution in [2.45, 2.75) is 32.2 Å². The number of pyridine rings is 1. The first-order valence-corrected chi connectivity index (χ1v) is 9.52. The third-order valence-electron chi connectivity index (χ3n) is 5.44. The van der Waals surface area contributed by atoms with Crippen molar-refractivity contribution in [1.29, 1.82) is 0 Å². The second kappa shape index (κ2) is 7.39. The fraction of sp³-hybridized carbons (Fsp3) is 0.381. The highest BCUT2D eigenvalue weighted by molar-refractivity contribution is 5.99. The number of carbonyl (C=O) groups excluding carboxylic acids is 2. The summed E-state index contributed by atoms with van der Waals surface area (Å²) < 4.78 is 0. The maximum absolute atomic E-state index is 13.3. The van der Waals surface area contributed by atoms with Crippen molar-refractivity contribution in [2.75, 3.05) is 24.5 Å². The van der Waals surface area contributed by atoms with Crippen molar-refractivity contribution in [3.05, 3.63) is 59.4 Å². The topological polar surface area (TPSA) is 65.5 Å². The van der Waals surface area contributed by atoms with Crippen LogP contribution in [0.4, 0.5) is 10.5 Å². The van der Waals surface area contributed by atoms with E-state index in [2.05, 4.69) is 10.3 Å². The van der Waals surface area contributed by atoms with E-state index in [4.69, 9.17) is 0 Å². The number of nitrogens with zero attached hydrogens (tertiary/aromatic N) is 3.